The van der Waals surface area contributed by atoms with Gasteiger partial charge in [0.1, 0.15) is 0 Å². The van der Waals surface area contributed by atoms with E-state index in [1.165, 1.54) is 13.8 Å². The largest absolute Gasteiger partial charge is 0.424 e. The number of amides is 1. The van der Waals surface area contributed by atoms with Gasteiger partial charge >= 0.3 is 5.97 Å². The fraction of sp³-hybridized carbons (Fsp3) is 0.111. The molecule has 0 fully saturated rings. The lowest BCUT2D eigenvalue weighted by atomic mass is 10.1. The number of aromatic nitrogens is 1. The summed E-state index contributed by atoms with van der Waals surface area (Å²) < 4.78 is 5.42. The number of ether oxygens (including phenoxy) is 1. The monoisotopic (exact) mass is 308 g/mol. The summed E-state index contributed by atoms with van der Waals surface area (Å²) in [4.78, 5) is 25.9. The first-order valence-electron chi connectivity index (χ1n) is 7.22. The van der Waals surface area contributed by atoms with Crippen LogP contribution in [-0.2, 0) is 9.59 Å². The first-order valence-corrected chi connectivity index (χ1v) is 7.22. The molecule has 0 saturated carbocycles. The van der Waals surface area contributed by atoms with E-state index in [1.807, 2.05) is 42.5 Å². The molecule has 2 aromatic carbocycles. The molecule has 0 bridgehead atoms. The van der Waals surface area contributed by atoms with Gasteiger partial charge in [-0.05, 0) is 18.2 Å². The third-order valence-corrected chi connectivity index (χ3v) is 3.38. The molecule has 2 N–H and O–H groups in total. The van der Waals surface area contributed by atoms with Crippen molar-refractivity contribution in [1.29, 1.82) is 0 Å². The van der Waals surface area contributed by atoms with Crippen LogP contribution in [0.1, 0.15) is 13.8 Å². The van der Waals surface area contributed by atoms with Crippen LogP contribution in [0, 0.1) is 0 Å². The second-order valence-corrected chi connectivity index (χ2v) is 5.23. The molecule has 3 aromatic rings. The standard InChI is InChI=1S/C18H16N2O3/c1-11(21)19-14-8-9-15-16(10-14)20-17(18(15)23-12(2)22)13-6-4-3-5-7-13/h3-10,20H,1-2H3,(H,19,21). The van der Waals surface area contributed by atoms with Gasteiger partial charge in [0.05, 0.1) is 11.2 Å². The molecule has 5 nitrogen and oxygen atoms in total. The lowest BCUT2D eigenvalue weighted by Crippen LogP contribution is -2.05. The second-order valence-electron chi connectivity index (χ2n) is 5.23. The normalized spacial score (nSPS) is 10.5. The van der Waals surface area contributed by atoms with Gasteiger partial charge < -0.3 is 15.0 Å². The molecule has 0 saturated heterocycles. The van der Waals surface area contributed by atoms with Crippen LogP contribution in [0.3, 0.4) is 0 Å². The number of esters is 1. The smallest absolute Gasteiger partial charge is 0.308 e. The quantitative estimate of drug-likeness (QED) is 0.724. The average molecular weight is 308 g/mol. The minimum atomic E-state index is -0.381. The van der Waals surface area contributed by atoms with E-state index in [2.05, 4.69) is 10.3 Å². The number of hydrogen-bond acceptors (Lipinski definition) is 3. The molecule has 0 aliphatic heterocycles. The summed E-state index contributed by atoms with van der Waals surface area (Å²) in [5, 5.41) is 3.52. The minimum absolute atomic E-state index is 0.139. The molecule has 0 spiro atoms. The Balaban J connectivity index is 2.17. The van der Waals surface area contributed by atoms with Gasteiger partial charge in [0.25, 0.3) is 0 Å². The molecule has 5 heteroatoms. The van der Waals surface area contributed by atoms with Crippen LogP contribution in [0.2, 0.25) is 0 Å². The second kappa shape index (κ2) is 5.96. The van der Waals surface area contributed by atoms with E-state index >= 15 is 0 Å². The van der Waals surface area contributed by atoms with Crippen LogP contribution in [0.4, 0.5) is 5.69 Å². The maximum absolute atomic E-state index is 11.5. The Labute approximate surface area is 133 Å². The zero-order valence-corrected chi connectivity index (χ0v) is 12.8. The number of carbonyl (C=O) groups is 2. The van der Waals surface area contributed by atoms with Crippen molar-refractivity contribution >= 4 is 28.5 Å². The van der Waals surface area contributed by atoms with Crippen molar-refractivity contribution < 1.29 is 14.3 Å². The summed E-state index contributed by atoms with van der Waals surface area (Å²) in [6.45, 7) is 2.83. The van der Waals surface area contributed by atoms with E-state index in [0.717, 1.165) is 22.2 Å². The maximum atomic E-state index is 11.5. The molecule has 1 heterocycles. The number of nitrogens with one attached hydrogen (secondary N) is 2. The van der Waals surface area contributed by atoms with E-state index in [0.29, 0.717) is 11.4 Å². The van der Waals surface area contributed by atoms with E-state index in [9.17, 15) is 9.59 Å². The number of fused-ring (bicyclic) bond motifs is 1. The van der Waals surface area contributed by atoms with Gasteiger partial charge in [-0.15, -0.1) is 0 Å². The molecule has 116 valence electrons. The van der Waals surface area contributed by atoms with Gasteiger partial charge in [0.2, 0.25) is 5.91 Å². The first-order chi connectivity index (χ1) is 11.0. The van der Waals surface area contributed by atoms with Gasteiger partial charge in [-0.3, -0.25) is 9.59 Å². The average Bonchev–Trinajstić information content (AvgIpc) is 2.85. The molecule has 1 amide bonds. The number of carbonyl (C=O) groups excluding carboxylic acids is 2. The van der Waals surface area contributed by atoms with Crippen LogP contribution in [-0.4, -0.2) is 16.9 Å². The number of benzene rings is 2. The summed E-state index contributed by atoms with van der Waals surface area (Å²) in [5.74, 6) is -0.0264. The topological polar surface area (TPSA) is 71.2 Å². The van der Waals surface area contributed by atoms with Gasteiger partial charge in [-0.25, -0.2) is 0 Å². The van der Waals surface area contributed by atoms with E-state index < -0.39 is 0 Å². The van der Waals surface area contributed by atoms with Crippen molar-refractivity contribution in [1.82, 2.24) is 4.98 Å². The SMILES string of the molecule is CC(=O)Nc1ccc2c(OC(C)=O)c(-c3ccccc3)[nH]c2c1. The molecular weight excluding hydrogens is 292 g/mol. The van der Waals surface area contributed by atoms with Crippen LogP contribution >= 0.6 is 0 Å². The van der Waals surface area contributed by atoms with Crippen molar-refractivity contribution in [3.05, 3.63) is 48.5 Å². The highest BCUT2D eigenvalue weighted by Gasteiger charge is 2.16. The van der Waals surface area contributed by atoms with Gasteiger partial charge in [0.15, 0.2) is 5.75 Å². The zero-order chi connectivity index (χ0) is 16.4. The Kier molecular flexibility index (Phi) is 3.85. The Bertz CT molecular complexity index is 882. The highest BCUT2D eigenvalue weighted by Crippen LogP contribution is 2.38. The molecule has 0 aliphatic rings. The van der Waals surface area contributed by atoms with Crippen LogP contribution in [0.25, 0.3) is 22.2 Å². The van der Waals surface area contributed by atoms with Crippen molar-refractivity contribution in [2.24, 2.45) is 0 Å². The van der Waals surface area contributed by atoms with Crippen LogP contribution in [0.15, 0.2) is 48.5 Å². The fourth-order valence-corrected chi connectivity index (χ4v) is 2.51. The van der Waals surface area contributed by atoms with Crippen LogP contribution < -0.4 is 10.1 Å². The van der Waals surface area contributed by atoms with Gasteiger partial charge in [-0.1, -0.05) is 30.3 Å². The number of rotatable bonds is 3. The van der Waals surface area contributed by atoms with E-state index in [4.69, 9.17) is 4.74 Å². The Morgan fingerprint density at radius 2 is 1.78 bits per heavy atom. The van der Waals surface area contributed by atoms with Crippen molar-refractivity contribution in [3.8, 4) is 17.0 Å². The Hall–Kier alpha value is -3.08. The molecule has 23 heavy (non-hydrogen) atoms. The zero-order valence-electron chi connectivity index (χ0n) is 12.8. The van der Waals surface area contributed by atoms with Crippen molar-refractivity contribution in [2.75, 3.05) is 5.32 Å². The highest BCUT2D eigenvalue weighted by molar-refractivity contribution is 5.99. The third kappa shape index (κ3) is 3.08. The molecule has 0 atom stereocenters. The van der Waals surface area contributed by atoms with Gasteiger partial charge in [0, 0.05) is 30.5 Å². The van der Waals surface area contributed by atoms with Crippen LogP contribution in [0.5, 0.6) is 5.75 Å². The Morgan fingerprint density at radius 3 is 2.43 bits per heavy atom. The molecule has 1 aromatic heterocycles. The van der Waals surface area contributed by atoms with E-state index in [1.54, 1.807) is 6.07 Å². The molecule has 0 radical (unpaired) electrons. The molecule has 3 rings (SSSR count). The maximum Gasteiger partial charge on any atom is 0.308 e. The number of aromatic amines is 1. The first kappa shape index (κ1) is 14.8. The molecule has 0 aliphatic carbocycles. The summed E-state index contributed by atoms with van der Waals surface area (Å²) in [6.07, 6.45) is 0. The highest BCUT2D eigenvalue weighted by atomic mass is 16.5. The fourth-order valence-electron chi connectivity index (χ4n) is 2.51. The molecular formula is C18H16N2O3. The lowest BCUT2D eigenvalue weighted by molar-refractivity contribution is -0.131. The number of anilines is 1. The Morgan fingerprint density at radius 1 is 1.04 bits per heavy atom. The number of H-pyrrole nitrogens is 1. The summed E-state index contributed by atoms with van der Waals surface area (Å²) in [6, 6.07) is 15.0. The lowest BCUT2D eigenvalue weighted by Gasteiger charge is -2.04. The van der Waals surface area contributed by atoms with Gasteiger partial charge in [-0.2, -0.15) is 0 Å². The predicted octanol–water partition coefficient (Wildman–Crippen LogP) is 3.72. The van der Waals surface area contributed by atoms with Crippen molar-refractivity contribution in [3.63, 3.8) is 0 Å². The third-order valence-electron chi connectivity index (χ3n) is 3.38. The predicted molar refractivity (Wildman–Crippen MR) is 89.3 cm³/mol. The van der Waals surface area contributed by atoms with E-state index in [-0.39, 0.29) is 11.9 Å². The molecule has 0 unspecified atom stereocenters. The summed E-state index contributed by atoms with van der Waals surface area (Å²) in [7, 11) is 0. The summed E-state index contributed by atoms with van der Waals surface area (Å²) >= 11 is 0. The minimum Gasteiger partial charge on any atom is -0.424 e. The van der Waals surface area contributed by atoms with Crippen molar-refractivity contribution in [2.45, 2.75) is 13.8 Å². The summed E-state index contributed by atoms with van der Waals surface area (Å²) in [5.41, 5.74) is 3.11. The number of hydrogen-bond donors (Lipinski definition) is 2.